The minimum Gasteiger partial charge on any atom is -0.392 e. The van der Waals surface area contributed by atoms with Gasteiger partial charge < -0.3 is 10.4 Å². The molecule has 1 heterocycles. The van der Waals surface area contributed by atoms with Gasteiger partial charge in [0.05, 0.1) is 12.3 Å². The molecular formula is C18H13BrFNO2S. The molecule has 3 rings (SSSR count). The first kappa shape index (κ1) is 16.8. The predicted molar refractivity (Wildman–Crippen MR) is 97.7 cm³/mol. The Balaban J connectivity index is 1.89. The monoisotopic (exact) mass is 405 g/mol. The first-order chi connectivity index (χ1) is 11.6. The van der Waals surface area contributed by atoms with Gasteiger partial charge in [-0.3, -0.25) is 4.79 Å². The van der Waals surface area contributed by atoms with Gasteiger partial charge in [0, 0.05) is 25.9 Å². The lowest BCUT2D eigenvalue weighted by Crippen LogP contribution is -2.12. The van der Waals surface area contributed by atoms with E-state index < -0.39 is 11.7 Å². The zero-order valence-corrected chi connectivity index (χ0v) is 14.8. The van der Waals surface area contributed by atoms with Crippen LogP contribution >= 0.6 is 27.3 Å². The van der Waals surface area contributed by atoms with E-state index in [-0.39, 0.29) is 12.2 Å². The van der Waals surface area contributed by atoms with Gasteiger partial charge in [-0.15, -0.1) is 11.3 Å². The molecule has 0 aliphatic heterocycles. The van der Waals surface area contributed by atoms with Gasteiger partial charge in [0.1, 0.15) is 5.82 Å². The summed E-state index contributed by atoms with van der Waals surface area (Å²) in [6.07, 6.45) is 0. The molecule has 0 unspecified atom stereocenters. The standard InChI is InChI=1S/C18H13BrFNO2S/c19-13-6-4-11(5-7-13)17-15(9-22)16(10-24-17)21-18(23)12-2-1-3-14(20)8-12/h1-8,10,22H,9H2,(H,21,23). The van der Waals surface area contributed by atoms with E-state index in [9.17, 15) is 14.3 Å². The number of amides is 1. The molecule has 6 heteroatoms. The average Bonchev–Trinajstić information content (AvgIpc) is 2.98. The molecule has 0 aliphatic rings. The van der Waals surface area contributed by atoms with Crippen LogP contribution in [0.5, 0.6) is 0 Å². The second-order valence-electron chi connectivity index (χ2n) is 5.09. The van der Waals surface area contributed by atoms with Crippen LogP contribution in [0.2, 0.25) is 0 Å². The molecule has 3 nitrogen and oxygen atoms in total. The number of anilines is 1. The number of aliphatic hydroxyl groups is 1. The van der Waals surface area contributed by atoms with Crippen molar-refractivity contribution in [1.29, 1.82) is 0 Å². The Morgan fingerprint density at radius 3 is 2.62 bits per heavy atom. The highest BCUT2D eigenvalue weighted by Crippen LogP contribution is 2.36. The number of carbonyl (C=O) groups is 1. The normalized spacial score (nSPS) is 10.6. The number of aliphatic hydroxyl groups excluding tert-OH is 1. The van der Waals surface area contributed by atoms with E-state index in [0.29, 0.717) is 11.3 Å². The van der Waals surface area contributed by atoms with Crippen LogP contribution in [0.25, 0.3) is 10.4 Å². The first-order valence-corrected chi connectivity index (χ1v) is 8.80. The zero-order chi connectivity index (χ0) is 17.1. The molecular weight excluding hydrogens is 393 g/mol. The molecule has 3 aromatic rings. The summed E-state index contributed by atoms with van der Waals surface area (Å²) in [5.41, 5.74) is 2.37. The maximum Gasteiger partial charge on any atom is 0.255 e. The maximum atomic E-state index is 13.2. The van der Waals surface area contributed by atoms with Gasteiger partial charge in [0.15, 0.2) is 0 Å². The molecule has 1 aromatic heterocycles. The molecule has 0 atom stereocenters. The Morgan fingerprint density at radius 2 is 1.96 bits per heavy atom. The van der Waals surface area contributed by atoms with Crippen LogP contribution in [0.15, 0.2) is 58.4 Å². The fourth-order valence-electron chi connectivity index (χ4n) is 2.31. The van der Waals surface area contributed by atoms with Crippen molar-refractivity contribution >= 4 is 38.9 Å². The smallest absolute Gasteiger partial charge is 0.255 e. The van der Waals surface area contributed by atoms with Crippen LogP contribution in [0.1, 0.15) is 15.9 Å². The number of halogens is 2. The van der Waals surface area contributed by atoms with E-state index in [2.05, 4.69) is 21.2 Å². The van der Waals surface area contributed by atoms with Gasteiger partial charge in [-0.2, -0.15) is 0 Å². The van der Waals surface area contributed by atoms with Crippen molar-refractivity contribution in [2.75, 3.05) is 5.32 Å². The van der Waals surface area contributed by atoms with Crippen LogP contribution in [0, 0.1) is 5.82 Å². The topological polar surface area (TPSA) is 49.3 Å². The molecule has 0 fully saturated rings. The lowest BCUT2D eigenvalue weighted by molar-refractivity contribution is 0.102. The van der Waals surface area contributed by atoms with Gasteiger partial charge >= 0.3 is 0 Å². The predicted octanol–water partition coefficient (Wildman–Crippen LogP) is 5.06. The summed E-state index contributed by atoms with van der Waals surface area (Å²) in [4.78, 5) is 13.2. The number of rotatable bonds is 4. The van der Waals surface area contributed by atoms with Crippen molar-refractivity contribution in [3.63, 3.8) is 0 Å². The summed E-state index contributed by atoms with van der Waals surface area (Å²) < 4.78 is 14.2. The Morgan fingerprint density at radius 1 is 1.21 bits per heavy atom. The van der Waals surface area contributed by atoms with Gasteiger partial charge in [0.2, 0.25) is 0 Å². The van der Waals surface area contributed by atoms with Crippen LogP contribution in [-0.2, 0) is 6.61 Å². The summed E-state index contributed by atoms with van der Waals surface area (Å²) in [5, 5.41) is 14.2. The van der Waals surface area contributed by atoms with Crippen molar-refractivity contribution in [2.24, 2.45) is 0 Å². The summed E-state index contributed by atoms with van der Waals surface area (Å²) in [6, 6.07) is 13.2. The summed E-state index contributed by atoms with van der Waals surface area (Å²) >= 11 is 4.83. The van der Waals surface area contributed by atoms with E-state index in [1.807, 2.05) is 24.3 Å². The van der Waals surface area contributed by atoms with E-state index >= 15 is 0 Å². The largest absolute Gasteiger partial charge is 0.392 e. The fraction of sp³-hybridized carbons (Fsp3) is 0.0556. The van der Waals surface area contributed by atoms with E-state index in [1.165, 1.54) is 29.5 Å². The number of nitrogens with one attached hydrogen (secondary N) is 1. The molecule has 122 valence electrons. The van der Waals surface area contributed by atoms with Crippen LogP contribution in [0.4, 0.5) is 10.1 Å². The van der Waals surface area contributed by atoms with Crippen molar-refractivity contribution in [3.8, 4) is 10.4 Å². The van der Waals surface area contributed by atoms with Crippen LogP contribution < -0.4 is 5.32 Å². The van der Waals surface area contributed by atoms with Gasteiger partial charge in [-0.05, 0) is 35.9 Å². The minimum absolute atomic E-state index is 0.201. The van der Waals surface area contributed by atoms with Gasteiger partial charge in [-0.25, -0.2) is 4.39 Å². The summed E-state index contributed by atoms with van der Waals surface area (Å²) in [5.74, 6) is -0.879. The second-order valence-corrected chi connectivity index (χ2v) is 6.88. The Hall–Kier alpha value is -2.02. The lowest BCUT2D eigenvalue weighted by atomic mass is 10.1. The molecule has 2 aromatic carbocycles. The maximum absolute atomic E-state index is 13.2. The molecule has 0 saturated heterocycles. The Bertz CT molecular complexity index is 877. The number of hydrogen-bond donors (Lipinski definition) is 2. The summed E-state index contributed by atoms with van der Waals surface area (Å²) in [7, 11) is 0. The van der Waals surface area contributed by atoms with Gasteiger partial charge in [0.25, 0.3) is 5.91 Å². The SMILES string of the molecule is O=C(Nc1csc(-c2ccc(Br)cc2)c1CO)c1cccc(F)c1. The van der Waals surface area contributed by atoms with E-state index in [0.717, 1.165) is 14.9 Å². The molecule has 1 amide bonds. The minimum atomic E-state index is -0.467. The molecule has 0 aliphatic carbocycles. The number of hydrogen-bond acceptors (Lipinski definition) is 3. The van der Waals surface area contributed by atoms with Gasteiger partial charge in [-0.1, -0.05) is 34.1 Å². The highest BCUT2D eigenvalue weighted by Gasteiger charge is 2.16. The first-order valence-electron chi connectivity index (χ1n) is 7.12. The highest BCUT2D eigenvalue weighted by atomic mass is 79.9. The zero-order valence-electron chi connectivity index (χ0n) is 12.4. The Labute approximate surface area is 150 Å². The Kier molecular flexibility index (Phi) is 5.08. The third kappa shape index (κ3) is 3.56. The van der Waals surface area contributed by atoms with Crippen molar-refractivity contribution in [1.82, 2.24) is 0 Å². The molecule has 0 bridgehead atoms. The highest BCUT2D eigenvalue weighted by molar-refractivity contribution is 9.10. The fourth-order valence-corrected chi connectivity index (χ4v) is 3.60. The number of carbonyl (C=O) groups excluding carboxylic acids is 1. The molecule has 24 heavy (non-hydrogen) atoms. The van der Waals surface area contributed by atoms with Crippen molar-refractivity contribution < 1.29 is 14.3 Å². The molecule has 0 saturated carbocycles. The van der Waals surface area contributed by atoms with E-state index in [4.69, 9.17) is 0 Å². The van der Waals surface area contributed by atoms with Crippen molar-refractivity contribution in [3.05, 3.63) is 75.3 Å². The molecule has 0 radical (unpaired) electrons. The third-order valence-electron chi connectivity index (χ3n) is 3.49. The van der Waals surface area contributed by atoms with E-state index in [1.54, 1.807) is 11.4 Å². The quantitative estimate of drug-likeness (QED) is 0.636. The summed E-state index contributed by atoms with van der Waals surface area (Å²) in [6.45, 7) is -0.201. The second kappa shape index (κ2) is 7.25. The molecule has 2 N–H and O–H groups in total. The lowest BCUT2D eigenvalue weighted by Gasteiger charge is -2.07. The number of thiophene rings is 1. The average molecular weight is 406 g/mol. The van der Waals surface area contributed by atoms with Crippen LogP contribution in [-0.4, -0.2) is 11.0 Å². The molecule has 0 spiro atoms. The van der Waals surface area contributed by atoms with Crippen molar-refractivity contribution in [2.45, 2.75) is 6.61 Å². The third-order valence-corrected chi connectivity index (χ3v) is 5.09. The number of benzene rings is 2. The van der Waals surface area contributed by atoms with Crippen LogP contribution in [0.3, 0.4) is 0 Å².